The van der Waals surface area contributed by atoms with Gasteiger partial charge in [-0.25, -0.2) is 9.67 Å². The van der Waals surface area contributed by atoms with Crippen LogP contribution in [-0.2, 0) is 12.6 Å². The van der Waals surface area contributed by atoms with Gasteiger partial charge in [0.1, 0.15) is 5.69 Å². The van der Waals surface area contributed by atoms with Crippen LogP contribution >= 0.6 is 11.6 Å². The van der Waals surface area contributed by atoms with E-state index in [1.165, 1.54) is 30.5 Å². The lowest BCUT2D eigenvalue weighted by Crippen LogP contribution is -2.18. The van der Waals surface area contributed by atoms with Crippen molar-refractivity contribution in [2.75, 3.05) is 0 Å². The minimum Gasteiger partial charge on any atom is -0.364 e. The molecule has 140 valence electrons. The number of hydrogen-bond acceptors (Lipinski definition) is 3. The van der Waals surface area contributed by atoms with Crippen molar-refractivity contribution >= 4 is 17.5 Å². The molecule has 0 aliphatic rings. The van der Waals surface area contributed by atoms with E-state index in [1.54, 1.807) is 12.1 Å². The van der Waals surface area contributed by atoms with E-state index in [0.717, 1.165) is 16.7 Å². The lowest BCUT2D eigenvalue weighted by atomic mass is 10.00. The third-order valence-corrected chi connectivity index (χ3v) is 4.27. The first kappa shape index (κ1) is 18.9. The fourth-order valence-corrected chi connectivity index (χ4v) is 2.91. The molecule has 0 aliphatic heterocycles. The summed E-state index contributed by atoms with van der Waals surface area (Å²) >= 11 is 6.04. The second kappa shape index (κ2) is 7.03. The van der Waals surface area contributed by atoms with Gasteiger partial charge in [0.05, 0.1) is 5.02 Å². The van der Waals surface area contributed by atoms with Gasteiger partial charge in [-0.3, -0.25) is 4.79 Å². The fourth-order valence-electron chi connectivity index (χ4n) is 2.71. The Labute approximate surface area is 157 Å². The van der Waals surface area contributed by atoms with E-state index in [9.17, 15) is 18.0 Å². The van der Waals surface area contributed by atoms with Gasteiger partial charge in [0, 0.05) is 11.8 Å². The third kappa shape index (κ3) is 3.52. The molecular formula is C18H14ClF3N4O. The molecule has 0 atom stereocenters. The molecule has 0 saturated heterocycles. The summed E-state index contributed by atoms with van der Waals surface area (Å²) in [7, 11) is 0. The number of aryl methyl sites for hydroxylation is 1. The van der Waals surface area contributed by atoms with E-state index < -0.39 is 29.0 Å². The van der Waals surface area contributed by atoms with E-state index in [0.29, 0.717) is 0 Å². The standard InChI is InChI=1S/C18H14ClF3N4O/c1-2-10-5-7-11(8-6-10)13-14(16(23)27)26(25-15(13)18(20,21)22)17-12(19)4-3-9-24-17/h3-9H,2H2,1H3,(H2,23,27). The Morgan fingerprint density at radius 2 is 1.89 bits per heavy atom. The van der Waals surface area contributed by atoms with Gasteiger partial charge in [-0.2, -0.15) is 18.3 Å². The van der Waals surface area contributed by atoms with Crippen molar-refractivity contribution in [1.82, 2.24) is 14.8 Å². The minimum absolute atomic E-state index is 0.0316. The number of pyridine rings is 1. The molecule has 2 heterocycles. The second-order valence-electron chi connectivity index (χ2n) is 5.71. The molecule has 2 aromatic heterocycles. The Morgan fingerprint density at radius 3 is 2.41 bits per heavy atom. The number of carbonyl (C=O) groups excluding carboxylic acids is 1. The molecule has 0 fully saturated rings. The van der Waals surface area contributed by atoms with E-state index in [2.05, 4.69) is 10.1 Å². The Morgan fingerprint density at radius 1 is 1.22 bits per heavy atom. The fraction of sp³-hybridized carbons (Fsp3) is 0.167. The topological polar surface area (TPSA) is 73.8 Å². The molecule has 3 aromatic rings. The first-order chi connectivity index (χ1) is 12.7. The highest BCUT2D eigenvalue weighted by Crippen LogP contribution is 2.39. The quantitative estimate of drug-likeness (QED) is 0.718. The molecule has 3 rings (SSSR count). The summed E-state index contributed by atoms with van der Waals surface area (Å²) in [5.41, 5.74) is 4.45. The number of rotatable bonds is 4. The first-order valence-electron chi connectivity index (χ1n) is 7.94. The molecule has 1 aromatic carbocycles. The van der Waals surface area contributed by atoms with Gasteiger partial charge in [0.15, 0.2) is 11.5 Å². The number of nitrogens with two attached hydrogens (primary N) is 1. The SMILES string of the molecule is CCc1ccc(-c2c(C(F)(F)F)nn(-c3ncccc3Cl)c2C(N)=O)cc1. The molecule has 0 aliphatic carbocycles. The zero-order valence-corrected chi connectivity index (χ0v) is 14.8. The van der Waals surface area contributed by atoms with E-state index in [4.69, 9.17) is 17.3 Å². The van der Waals surface area contributed by atoms with E-state index >= 15 is 0 Å². The number of benzene rings is 1. The summed E-state index contributed by atoms with van der Waals surface area (Å²) < 4.78 is 41.8. The summed E-state index contributed by atoms with van der Waals surface area (Å²) in [4.78, 5) is 16.0. The summed E-state index contributed by atoms with van der Waals surface area (Å²) in [6, 6.07) is 9.31. The van der Waals surface area contributed by atoms with Crippen molar-refractivity contribution in [3.8, 4) is 16.9 Å². The number of carbonyl (C=O) groups is 1. The van der Waals surface area contributed by atoms with Crippen LogP contribution in [0.2, 0.25) is 5.02 Å². The van der Waals surface area contributed by atoms with Crippen LogP contribution in [0.4, 0.5) is 13.2 Å². The van der Waals surface area contributed by atoms with Crippen LogP contribution in [0, 0.1) is 0 Å². The number of amides is 1. The Kier molecular flexibility index (Phi) is 4.93. The van der Waals surface area contributed by atoms with Gasteiger partial charge < -0.3 is 5.73 Å². The molecule has 0 radical (unpaired) electrons. The zero-order valence-electron chi connectivity index (χ0n) is 14.1. The average Bonchev–Trinajstić information content (AvgIpc) is 3.03. The molecule has 0 spiro atoms. The highest BCUT2D eigenvalue weighted by molar-refractivity contribution is 6.32. The predicted octanol–water partition coefficient (Wildman–Crippen LogP) is 4.27. The van der Waals surface area contributed by atoms with Crippen LogP contribution < -0.4 is 5.73 Å². The molecule has 9 heteroatoms. The predicted molar refractivity (Wildman–Crippen MR) is 94.7 cm³/mol. The molecule has 0 bridgehead atoms. The molecule has 27 heavy (non-hydrogen) atoms. The maximum absolute atomic E-state index is 13.7. The van der Waals surface area contributed by atoms with Gasteiger partial charge in [-0.1, -0.05) is 42.8 Å². The van der Waals surface area contributed by atoms with Crippen molar-refractivity contribution in [3.63, 3.8) is 0 Å². The summed E-state index contributed by atoms with van der Waals surface area (Å²) in [5, 5.41) is 3.63. The van der Waals surface area contributed by atoms with Gasteiger partial charge in [0.25, 0.3) is 5.91 Å². The number of hydrogen-bond donors (Lipinski definition) is 1. The van der Waals surface area contributed by atoms with Crippen molar-refractivity contribution < 1.29 is 18.0 Å². The molecule has 1 amide bonds. The molecule has 0 saturated carbocycles. The average molecular weight is 395 g/mol. The van der Waals surface area contributed by atoms with Crippen LogP contribution in [0.1, 0.15) is 28.7 Å². The lowest BCUT2D eigenvalue weighted by molar-refractivity contribution is -0.140. The largest absolute Gasteiger partial charge is 0.435 e. The van der Waals surface area contributed by atoms with Crippen LogP contribution in [0.15, 0.2) is 42.6 Å². The number of aromatic nitrogens is 3. The number of nitrogens with zero attached hydrogens (tertiary/aromatic N) is 3. The van der Waals surface area contributed by atoms with Crippen LogP contribution in [-0.4, -0.2) is 20.7 Å². The lowest BCUT2D eigenvalue weighted by Gasteiger charge is -2.09. The monoisotopic (exact) mass is 394 g/mol. The van der Waals surface area contributed by atoms with E-state index in [-0.39, 0.29) is 16.4 Å². The third-order valence-electron chi connectivity index (χ3n) is 3.98. The van der Waals surface area contributed by atoms with Crippen LogP contribution in [0.5, 0.6) is 0 Å². The van der Waals surface area contributed by atoms with Gasteiger partial charge in [-0.15, -0.1) is 0 Å². The number of alkyl halides is 3. The number of halogens is 4. The Bertz CT molecular complexity index is 997. The van der Waals surface area contributed by atoms with Crippen LogP contribution in [0.25, 0.3) is 16.9 Å². The first-order valence-corrected chi connectivity index (χ1v) is 8.32. The maximum atomic E-state index is 13.7. The highest BCUT2D eigenvalue weighted by Gasteiger charge is 2.41. The highest BCUT2D eigenvalue weighted by atomic mass is 35.5. The Balaban J connectivity index is 2.36. The van der Waals surface area contributed by atoms with Gasteiger partial charge in [0.2, 0.25) is 0 Å². The molecule has 0 unspecified atom stereocenters. The number of primary amides is 1. The molecule has 2 N–H and O–H groups in total. The maximum Gasteiger partial charge on any atom is 0.435 e. The molecular weight excluding hydrogens is 381 g/mol. The van der Waals surface area contributed by atoms with Crippen molar-refractivity contribution in [2.24, 2.45) is 5.73 Å². The molecule has 5 nitrogen and oxygen atoms in total. The zero-order chi connectivity index (χ0) is 19.8. The Hall–Kier alpha value is -2.87. The van der Waals surface area contributed by atoms with Crippen molar-refractivity contribution in [1.29, 1.82) is 0 Å². The minimum atomic E-state index is -4.81. The van der Waals surface area contributed by atoms with Crippen molar-refractivity contribution in [3.05, 3.63) is 64.6 Å². The normalized spacial score (nSPS) is 11.6. The van der Waals surface area contributed by atoms with E-state index in [1.807, 2.05) is 6.92 Å². The second-order valence-corrected chi connectivity index (χ2v) is 6.11. The van der Waals surface area contributed by atoms with Crippen LogP contribution in [0.3, 0.4) is 0 Å². The van der Waals surface area contributed by atoms with Crippen molar-refractivity contribution in [2.45, 2.75) is 19.5 Å². The summed E-state index contributed by atoms with van der Waals surface area (Å²) in [6.07, 6.45) is -2.76. The smallest absolute Gasteiger partial charge is 0.364 e. The summed E-state index contributed by atoms with van der Waals surface area (Å²) in [5.74, 6) is -1.19. The van der Waals surface area contributed by atoms with Gasteiger partial charge >= 0.3 is 6.18 Å². The van der Waals surface area contributed by atoms with Gasteiger partial charge in [-0.05, 0) is 29.7 Å². The summed E-state index contributed by atoms with van der Waals surface area (Å²) in [6.45, 7) is 1.92.